The van der Waals surface area contributed by atoms with Crippen molar-refractivity contribution in [2.24, 2.45) is 4.99 Å². The van der Waals surface area contributed by atoms with Crippen molar-refractivity contribution in [3.8, 4) is 0 Å². The summed E-state index contributed by atoms with van der Waals surface area (Å²) in [7, 11) is 0.122. The molecule has 0 amide bonds. The predicted octanol–water partition coefficient (Wildman–Crippen LogP) is 2.49. The summed E-state index contributed by atoms with van der Waals surface area (Å²) in [5.74, 6) is 2.71. The zero-order valence-electron chi connectivity index (χ0n) is 7.34. The first-order valence-electron chi connectivity index (χ1n) is 4.60. The summed E-state index contributed by atoms with van der Waals surface area (Å²) in [5, 5.41) is 0. The molecule has 1 heterocycles. The van der Waals surface area contributed by atoms with Crippen LogP contribution in [-0.4, -0.2) is 23.6 Å². The molecule has 65 valence electrons. The number of nitrogens with zero attached hydrogens (tertiary/aromatic N) is 1. The zero-order chi connectivity index (χ0) is 7.94. The quantitative estimate of drug-likeness (QED) is 0.483. The van der Waals surface area contributed by atoms with Gasteiger partial charge in [-0.2, -0.15) is 0 Å². The molecule has 1 aliphatic rings. The van der Waals surface area contributed by atoms with E-state index in [1.54, 1.807) is 0 Å². The number of thiol groups is 1. The monoisotopic (exact) mass is 172 g/mol. The Balaban J connectivity index is 1.90. The highest BCUT2D eigenvalue weighted by molar-refractivity contribution is 8.28. The number of rotatable bonds is 5. The maximum atomic E-state index is 4.14. The molecule has 0 fully saturated rings. The molecule has 0 saturated heterocycles. The lowest BCUT2D eigenvalue weighted by molar-refractivity contribution is 0.706. The molecule has 1 nitrogen and oxygen atoms in total. The van der Waals surface area contributed by atoms with Crippen LogP contribution < -0.4 is 0 Å². The summed E-state index contributed by atoms with van der Waals surface area (Å²) in [6.45, 7) is 3.31. The van der Waals surface area contributed by atoms with E-state index >= 15 is 0 Å². The molecule has 0 saturated carbocycles. The van der Waals surface area contributed by atoms with Crippen LogP contribution in [0, 0.1) is 0 Å². The van der Waals surface area contributed by atoms with Crippen LogP contribution in [0.1, 0.15) is 32.6 Å². The molecule has 1 unspecified atom stereocenters. The molecule has 11 heavy (non-hydrogen) atoms. The predicted molar refractivity (Wildman–Crippen MR) is 55.2 cm³/mol. The molecule has 0 aromatic heterocycles. The molecule has 1 radical (unpaired) electrons. The minimum atomic E-state index is 0.122. The van der Waals surface area contributed by atoms with Crippen LogP contribution in [0.15, 0.2) is 4.99 Å². The maximum absolute atomic E-state index is 4.14. The summed E-state index contributed by atoms with van der Waals surface area (Å²) >= 11 is 0. The molecular formula is C9H18NS. The van der Waals surface area contributed by atoms with E-state index in [2.05, 4.69) is 17.5 Å². The highest BCUT2D eigenvalue weighted by Gasteiger charge is 2.05. The van der Waals surface area contributed by atoms with E-state index in [4.69, 9.17) is 0 Å². The van der Waals surface area contributed by atoms with Crippen LogP contribution >= 0.6 is 10.9 Å². The van der Waals surface area contributed by atoms with Gasteiger partial charge in [-0.05, 0) is 17.9 Å². The van der Waals surface area contributed by atoms with E-state index in [-0.39, 0.29) is 10.9 Å². The molecule has 0 spiro atoms. The first kappa shape index (κ1) is 9.11. The topological polar surface area (TPSA) is 12.4 Å². The molecule has 0 aromatic carbocycles. The van der Waals surface area contributed by atoms with Gasteiger partial charge in [-0.1, -0.05) is 26.2 Å². The SMILES string of the molecule is CCCCCC[SH]1[C]=NCC1. The third-order valence-corrected chi connectivity index (χ3v) is 4.00. The maximum Gasteiger partial charge on any atom is 0.101 e. The van der Waals surface area contributed by atoms with Gasteiger partial charge < -0.3 is 0 Å². The standard InChI is InChI=1S/C9H18NS/c1-2-3-4-5-7-11-8-6-10-9-11/h11H,2-8H2,1H3. The lowest BCUT2D eigenvalue weighted by Gasteiger charge is -2.08. The Bertz CT molecular complexity index is 123. The fourth-order valence-corrected chi connectivity index (χ4v) is 2.93. The van der Waals surface area contributed by atoms with Crippen molar-refractivity contribution in [1.82, 2.24) is 0 Å². The third-order valence-electron chi connectivity index (χ3n) is 1.98. The van der Waals surface area contributed by atoms with Crippen molar-refractivity contribution in [1.29, 1.82) is 0 Å². The van der Waals surface area contributed by atoms with Gasteiger partial charge in [-0.15, -0.1) is 0 Å². The largest absolute Gasteiger partial charge is 0.277 e. The molecule has 0 aliphatic carbocycles. The Hall–Kier alpha value is 0.0200. The lowest BCUT2D eigenvalue weighted by atomic mass is 10.2. The van der Waals surface area contributed by atoms with Crippen molar-refractivity contribution < 1.29 is 0 Å². The molecule has 0 bridgehead atoms. The second-order valence-electron chi connectivity index (χ2n) is 3.03. The smallest absolute Gasteiger partial charge is 0.101 e. The molecule has 0 aromatic rings. The minimum Gasteiger partial charge on any atom is -0.277 e. The summed E-state index contributed by atoms with van der Waals surface area (Å²) in [6.07, 6.45) is 5.56. The van der Waals surface area contributed by atoms with E-state index in [0.29, 0.717) is 0 Å². The van der Waals surface area contributed by atoms with Gasteiger partial charge >= 0.3 is 0 Å². The van der Waals surface area contributed by atoms with Gasteiger partial charge in [0.15, 0.2) is 0 Å². The second-order valence-corrected chi connectivity index (χ2v) is 5.20. The first-order valence-corrected chi connectivity index (χ1v) is 6.32. The van der Waals surface area contributed by atoms with Crippen molar-refractivity contribution in [3.05, 3.63) is 0 Å². The van der Waals surface area contributed by atoms with Crippen LogP contribution in [0.4, 0.5) is 0 Å². The van der Waals surface area contributed by atoms with E-state index < -0.39 is 0 Å². The van der Waals surface area contributed by atoms with Gasteiger partial charge in [0, 0.05) is 6.54 Å². The van der Waals surface area contributed by atoms with Crippen molar-refractivity contribution in [2.45, 2.75) is 32.6 Å². The summed E-state index contributed by atoms with van der Waals surface area (Å²) < 4.78 is 0. The molecule has 0 N–H and O–H groups in total. The first-order chi connectivity index (χ1) is 5.43. The van der Waals surface area contributed by atoms with E-state index in [1.807, 2.05) is 0 Å². The van der Waals surface area contributed by atoms with E-state index in [1.165, 1.54) is 37.2 Å². The van der Waals surface area contributed by atoms with Crippen molar-refractivity contribution in [2.75, 3.05) is 18.1 Å². The molecular weight excluding hydrogens is 154 g/mol. The Morgan fingerprint density at radius 1 is 1.36 bits per heavy atom. The van der Waals surface area contributed by atoms with Crippen LogP contribution in [0.3, 0.4) is 0 Å². The van der Waals surface area contributed by atoms with Crippen LogP contribution in [0.2, 0.25) is 0 Å². The molecule has 1 aliphatic heterocycles. The summed E-state index contributed by atoms with van der Waals surface area (Å²) in [5.41, 5.74) is 3.22. The van der Waals surface area contributed by atoms with Gasteiger partial charge in [0.25, 0.3) is 0 Å². The minimum absolute atomic E-state index is 0.122. The van der Waals surface area contributed by atoms with Crippen LogP contribution in [-0.2, 0) is 0 Å². The average molecular weight is 172 g/mol. The molecule has 1 rings (SSSR count). The van der Waals surface area contributed by atoms with Gasteiger partial charge in [-0.3, -0.25) is 4.99 Å². The Labute approximate surface area is 72.6 Å². The molecule has 2 heteroatoms. The Kier molecular flexibility index (Phi) is 4.67. The van der Waals surface area contributed by atoms with Gasteiger partial charge in [0.1, 0.15) is 5.55 Å². The number of hydrogen-bond donors (Lipinski definition) is 1. The van der Waals surface area contributed by atoms with E-state index in [9.17, 15) is 0 Å². The van der Waals surface area contributed by atoms with Crippen LogP contribution in [0.25, 0.3) is 0 Å². The highest BCUT2D eigenvalue weighted by Crippen LogP contribution is 2.26. The van der Waals surface area contributed by atoms with Crippen molar-refractivity contribution >= 4 is 16.4 Å². The highest BCUT2D eigenvalue weighted by atomic mass is 32.2. The second kappa shape index (κ2) is 5.64. The summed E-state index contributed by atoms with van der Waals surface area (Å²) in [4.78, 5) is 4.14. The number of hydrogen-bond acceptors (Lipinski definition) is 1. The number of aliphatic imine (C=N–C) groups is 1. The number of unbranched alkanes of at least 4 members (excludes halogenated alkanes) is 3. The van der Waals surface area contributed by atoms with E-state index in [0.717, 1.165) is 6.54 Å². The third kappa shape index (κ3) is 3.80. The fraction of sp³-hybridized carbons (Fsp3) is 0.889. The Morgan fingerprint density at radius 2 is 2.27 bits per heavy atom. The van der Waals surface area contributed by atoms with Gasteiger partial charge in [0.05, 0.1) is 0 Å². The van der Waals surface area contributed by atoms with Gasteiger partial charge in [-0.25, -0.2) is 10.9 Å². The normalized spacial score (nSPS) is 26.1. The molecule has 1 atom stereocenters. The lowest BCUT2D eigenvalue weighted by Crippen LogP contribution is -1.91. The summed E-state index contributed by atoms with van der Waals surface area (Å²) in [6, 6.07) is 0. The zero-order valence-corrected chi connectivity index (χ0v) is 8.24. The Morgan fingerprint density at radius 3 is 2.91 bits per heavy atom. The van der Waals surface area contributed by atoms with Gasteiger partial charge in [0.2, 0.25) is 0 Å². The fourth-order valence-electron chi connectivity index (χ4n) is 1.26. The average Bonchev–Trinajstić information content (AvgIpc) is 2.50. The van der Waals surface area contributed by atoms with Crippen LogP contribution in [0.5, 0.6) is 0 Å². The van der Waals surface area contributed by atoms with Crippen molar-refractivity contribution in [3.63, 3.8) is 0 Å².